The van der Waals surface area contributed by atoms with Crippen LogP contribution in [0.15, 0.2) is 0 Å². The van der Waals surface area contributed by atoms with Crippen LogP contribution in [-0.2, 0) is 25.6 Å². The van der Waals surface area contributed by atoms with E-state index in [4.69, 9.17) is 0 Å². The molecule has 0 bridgehead atoms. The maximum Gasteiger partial charge on any atom is 3.00 e. The number of hydrogen-bond donors (Lipinski definition) is 0. The van der Waals surface area contributed by atoms with E-state index in [1.54, 1.807) is 0 Å². The zero-order valence-corrected chi connectivity index (χ0v) is 13.5. The molecule has 0 aliphatic carbocycles. The Morgan fingerprint density at radius 2 is 1.67 bits per heavy atom. The average Bonchev–Trinajstić information content (AvgIpc) is 2.25. The van der Waals surface area contributed by atoms with Crippen molar-refractivity contribution in [2.75, 3.05) is 6.61 Å². The van der Waals surface area contributed by atoms with Gasteiger partial charge in [-0.3, -0.25) is 0 Å². The Balaban J connectivity index is -0.000000238. The third-order valence-corrected chi connectivity index (χ3v) is 2.79. The van der Waals surface area contributed by atoms with Crippen LogP contribution in [-0.4, -0.2) is 6.61 Å². The van der Waals surface area contributed by atoms with Gasteiger partial charge in [0, 0.05) is 0 Å². The van der Waals surface area contributed by atoms with E-state index in [1.165, 1.54) is 25.7 Å². The molecule has 6 heteroatoms. The summed E-state index contributed by atoms with van der Waals surface area (Å²) in [6.07, 6.45) is 6.63. The second-order valence-corrected chi connectivity index (χ2v) is 5.20. The quantitative estimate of drug-likeness (QED) is 0.298. The minimum absolute atomic E-state index is 0. The number of phosphoric ester groups is 1. The van der Waals surface area contributed by atoms with Crippen LogP contribution in [0, 0.1) is 12.8 Å². The van der Waals surface area contributed by atoms with Crippen LogP contribution in [0.2, 0.25) is 0 Å². The molecule has 0 aromatic rings. The number of phosphoric acid groups is 1. The molecule has 0 spiro atoms. The molecule has 1 unspecified atom stereocenters. The molecule has 0 saturated carbocycles. The second kappa shape index (κ2) is 15.7. The summed E-state index contributed by atoms with van der Waals surface area (Å²) in [4.78, 5) is 19.5. The molecular weight excluding hydrogens is 298 g/mol. The molecule has 0 aromatic heterocycles. The van der Waals surface area contributed by atoms with Crippen LogP contribution >= 0.6 is 7.82 Å². The van der Waals surface area contributed by atoms with Crippen LogP contribution in [0.3, 0.4) is 0 Å². The van der Waals surface area contributed by atoms with E-state index >= 15 is 0 Å². The smallest absolute Gasteiger partial charge is 0.790 e. The van der Waals surface area contributed by atoms with Gasteiger partial charge in [0.05, 0.1) is 14.4 Å². The summed E-state index contributed by atoms with van der Waals surface area (Å²) in [5.41, 5.74) is 0. The van der Waals surface area contributed by atoms with Crippen molar-refractivity contribution in [2.45, 2.75) is 59.3 Å². The second-order valence-electron chi connectivity index (χ2n) is 4.05. The van der Waals surface area contributed by atoms with Crippen LogP contribution < -0.4 is 9.79 Å². The molecule has 0 N–H and O–H groups in total. The molecule has 1 radical (unpaired) electrons. The van der Waals surface area contributed by atoms with E-state index < -0.39 is 7.82 Å². The predicted octanol–water partition coefficient (Wildman–Crippen LogP) is 2.67. The summed E-state index contributed by atoms with van der Waals surface area (Å²) in [6, 6.07) is 0. The molecule has 0 rings (SSSR count). The topological polar surface area (TPSA) is 72.4 Å². The molecule has 0 fully saturated rings. The average molecular weight is 324 g/mol. The van der Waals surface area contributed by atoms with Gasteiger partial charge < -0.3 is 25.8 Å². The third kappa shape index (κ3) is 25.4. The van der Waals surface area contributed by atoms with E-state index in [0.717, 1.165) is 6.42 Å². The zero-order chi connectivity index (χ0) is 13.7. The minimum atomic E-state index is -4.70. The van der Waals surface area contributed by atoms with Crippen molar-refractivity contribution in [3.8, 4) is 0 Å². The molecular formula is C12H26NiO4P. The first kappa shape index (κ1) is 23.7. The Hall–Kier alpha value is 0.604. The normalized spacial score (nSPS) is 12.1. The van der Waals surface area contributed by atoms with Crippen LogP contribution in [0.5, 0.6) is 0 Å². The van der Waals surface area contributed by atoms with Gasteiger partial charge in [0.1, 0.15) is 0 Å². The van der Waals surface area contributed by atoms with E-state index in [1.807, 2.05) is 6.92 Å². The number of rotatable bonds is 8. The first-order valence-electron chi connectivity index (χ1n) is 6.37. The van der Waals surface area contributed by atoms with Crippen molar-refractivity contribution in [2.24, 2.45) is 5.92 Å². The molecule has 4 nitrogen and oxygen atoms in total. The van der Waals surface area contributed by atoms with Crippen molar-refractivity contribution in [1.82, 2.24) is 0 Å². The first-order valence-corrected chi connectivity index (χ1v) is 7.83. The molecule has 0 heterocycles. The van der Waals surface area contributed by atoms with E-state index in [-0.39, 0.29) is 23.1 Å². The van der Waals surface area contributed by atoms with Crippen LogP contribution in [0.4, 0.5) is 0 Å². The van der Waals surface area contributed by atoms with Gasteiger partial charge in [0.15, 0.2) is 0 Å². The summed E-state index contributed by atoms with van der Waals surface area (Å²) in [7, 11) is -4.70. The van der Waals surface area contributed by atoms with Gasteiger partial charge in [0.2, 0.25) is 0 Å². The van der Waals surface area contributed by atoms with Gasteiger partial charge in [-0.25, -0.2) is 0 Å². The van der Waals surface area contributed by atoms with E-state index in [9.17, 15) is 14.4 Å². The van der Waals surface area contributed by atoms with Gasteiger partial charge in [0.25, 0.3) is 0 Å². The van der Waals surface area contributed by atoms with Crippen molar-refractivity contribution in [3.05, 3.63) is 6.92 Å². The zero-order valence-electron chi connectivity index (χ0n) is 11.6. The van der Waals surface area contributed by atoms with Crippen LogP contribution in [0.1, 0.15) is 59.3 Å². The molecule has 0 aliphatic rings. The Morgan fingerprint density at radius 3 is 2.00 bits per heavy atom. The van der Waals surface area contributed by atoms with Crippen molar-refractivity contribution in [1.29, 1.82) is 0 Å². The Kier molecular flexibility index (Phi) is 20.6. The summed E-state index contributed by atoms with van der Waals surface area (Å²) in [6.45, 7) is 10.3. The van der Waals surface area contributed by atoms with Crippen molar-refractivity contribution < 1.29 is 35.4 Å². The van der Waals surface area contributed by atoms with Gasteiger partial charge in [-0.1, -0.05) is 52.9 Å². The van der Waals surface area contributed by atoms with Crippen molar-refractivity contribution in [3.63, 3.8) is 0 Å². The number of unbranched alkanes of at least 4 members (excludes halogenated alkanes) is 2. The standard InChI is InChI=1S/C8H17.C4H11O4P.Ni/c1-4-6-7-8(3)5-2;1-2-3-4-8-9(5,6)7;/h8H,3-7H2,1-2H3;2-4H2,1H3,(H2,5,6,7);/q-1;;+3/p-2. The third-order valence-electron chi connectivity index (χ3n) is 2.29. The van der Waals surface area contributed by atoms with Crippen molar-refractivity contribution >= 4 is 7.82 Å². The van der Waals surface area contributed by atoms with E-state index in [2.05, 4.69) is 25.3 Å². The van der Waals surface area contributed by atoms with Gasteiger partial charge >= 0.3 is 16.5 Å². The summed E-state index contributed by atoms with van der Waals surface area (Å²) in [5.74, 6) is 0.704. The fourth-order valence-electron chi connectivity index (χ4n) is 1.02. The first-order chi connectivity index (χ1) is 7.87. The molecule has 113 valence electrons. The molecule has 0 aliphatic heterocycles. The minimum Gasteiger partial charge on any atom is -0.790 e. The monoisotopic (exact) mass is 323 g/mol. The molecule has 0 amide bonds. The molecule has 0 aromatic carbocycles. The van der Waals surface area contributed by atoms with Gasteiger partial charge in [-0.15, -0.1) is 0 Å². The van der Waals surface area contributed by atoms with Gasteiger partial charge in [-0.2, -0.15) is 5.92 Å². The maximum atomic E-state index is 9.76. The Labute approximate surface area is 122 Å². The fourth-order valence-corrected chi connectivity index (χ4v) is 1.37. The number of hydrogen-bond acceptors (Lipinski definition) is 4. The van der Waals surface area contributed by atoms with E-state index in [0.29, 0.717) is 12.3 Å². The summed E-state index contributed by atoms with van der Waals surface area (Å²) >= 11 is 0. The summed E-state index contributed by atoms with van der Waals surface area (Å²) < 4.78 is 13.7. The predicted molar refractivity (Wildman–Crippen MR) is 67.1 cm³/mol. The maximum absolute atomic E-state index is 9.76. The molecule has 18 heavy (non-hydrogen) atoms. The molecule has 0 saturated heterocycles. The van der Waals surface area contributed by atoms with Crippen LogP contribution in [0.25, 0.3) is 0 Å². The Bertz CT molecular complexity index is 197. The fraction of sp³-hybridized carbons (Fsp3) is 0.917. The summed E-state index contributed by atoms with van der Waals surface area (Å²) in [5, 5.41) is 0. The van der Waals surface area contributed by atoms with Gasteiger partial charge in [-0.05, 0) is 6.42 Å². The largest absolute Gasteiger partial charge is 3.00 e. The SMILES string of the molecule is CCCCOP(=O)([O-])[O-].[CH2-]C(CC)CCCC.[Ni+3]. The molecule has 1 atom stereocenters. The Morgan fingerprint density at radius 1 is 1.17 bits per heavy atom.